The van der Waals surface area contributed by atoms with E-state index in [1.165, 1.54) is 18.5 Å². The van der Waals surface area contributed by atoms with Crippen molar-refractivity contribution in [3.05, 3.63) is 35.7 Å². The maximum atomic E-state index is 12.3. The predicted octanol–water partition coefficient (Wildman–Crippen LogP) is 0.776. The van der Waals surface area contributed by atoms with Gasteiger partial charge in [0.05, 0.1) is 12.2 Å². The van der Waals surface area contributed by atoms with Gasteiger partial charge in [0.2, 0.25) is 0 Å². The van der Waals surface area contributed by atoms with E-state index in [-0.39, 0.29) is 18.6 Å². The van der Waals surface area contributed by atoms with Crippen LogP contribution < -0.4 is 0 Å². The first-order chi connectivity index (χ1) is 9.61. The third kappa shape index (κ3) is 3.64. The van der Waals surface area contributed by atoms with Crippen molar-refractivity contribution in [1.29, 1.82) is 0 Å². The molecule has 0 unspecified atom stereocenters. The van der Waals surface area contributed by atoms with Crippen LogP contribution in [-0.2, 0) is 4.79 Å². The minimum absolute atomic E-state index is 0.0751. The third-order valence-electron chi connectivity index (χ3n) is 3.01. The Balaban J connectivity index is 2.16. The highest BCUT2D eigenvalue weighted by Gasteiger charge is 2.32. The minimum atomic E-state index is -1.05. The number of carboxylic acids is 1. The fraction of sp³-hybridized carbons (Fsp3) is 0.357. The maximum Gasteiger partial charge on any atom is 0.328 e. The second-order valence-corrected chi connectivity index (χ2v) is 4.63. The van der Waals surface area contributed by atoms with Crippen molar-refractivity contribution < 1.29 is 19.8 Å². The van der Waals surface area contributed by atoms with Crippen molar-refractivity contribution in [3.8, 4) is 0 Å². The van der Waals surface area contributed by atoms with Gasteiger partial charge < -0.3 is 15.1 Å². The van der Waals surface area contributed by atoms with Gasteiger partial charge >= 0.3 is 5.97 Å². The lowest BCUT2D eigenvalue weighted by Crippen LogP contribution is -2.35. The molecule has 1 saturated carbocycles. The molecular formula is C14H16N2O4. The van der Waals surface area contributed by atoms with Crippen LogP contribution in [0, 0.1) is 0 Å². The highest BCUT2D eigenvalue weighted by molar-refractivity contribution is 5.95. The summed E-state index contributed by atoms with van der Waals surface area (Å²) in [5.41, 5.74) is 0.955. The van der Waals surface area contributed by atoms with Crippen LogP contribution in [0.2, 0.25) is 0 Å². The zero-order valence-corrected chi connectivity index (χ0v) is 10.9. The Hall–Kier alpha value is -2.21. The molecule has 1 fully saturated rings. The molecule has 6 heteroatoms. The van der Waals surface area contributed by atoms with E-state index in [1.807, 2.05) is 0 Å². The number of aliphatic hydroxyl groups excluding tert-OH is 1. The van der Waals surface area contributed by atoms with Crippen molar-refractivity contribution in [2.75, 3.05) is 13.2 Å². The molecule has 20 heavy (non-hydrogen) atoms. The maximum absolute atomic E-state index is 12.3. The zero-order valence-electron chi connectivity index (χ0n) is 10.9. The molecule has 1 aromatic heterocycles. The normalized spacial score (nSPS) is 14.4. The number of carbonyl (C=O) groups is 2. The summed E-state index contributed by atoms with van der Waals surface area (Å²) in [6.07, 6.45) is 7.24. The number of carboxylic acid groups (broad SMARTS) is 1. The molecule has 1 aliphatic rings. The average molecular weight is 276 g/mol. The summed E-state index contributed by atoms with van der Waals surface area (Å²) in [6, 6.07) is 1.80. The molecule has 0 bridgehead atoms. The molecule has 1 heterocycles. The molecular weight excluding hydrogens is 260 g/mol. The van der Waals surface area contributed by atoms with Gasteiger partial charge in [-0.2, -0.15) is 0 Å². The van der Waals surface area contributed by atoms with Crippen LogP contribution in [0.4, 0.5) is 0 Å². The average Bonchev–Trinajstić information content (AvgIpc) is 3.26. The minimum Gasteiger partial charge on any atom is -0.478 e. The fourth-order valence-electron chi connectivity index (χ4n) is 1.94. The van der Waals surface area contributed by atoms with Gasteiger partial charge in [-0.05, 0) is 30.5 Å². The molecule has 0 aliphatic heterocycles. The topological polar surface area (TPSA) is 90.7 Å². The van der Waals surface area contributed by atoms with Gasteiger partial charge in [-0.25, -0.2) is 4.79 Å². The lowest BCUT2D eigenvalue weighted by Gasteiger charge is -2.21. The molecule has 0 saturated heterocycles. The summed E-state index contributed by atoms with van der Waals surface area (Å²) in [5, 5.41) is 17.6. The van der Waals surface area contributed by atoms with E-state index >= 15 is 0 Å². The van der Waals surface area contributed by atoms with Crippen molar-refractivity contribution in [2.45, 2.75) is 18.9 Å². The first kappa shape index (κ1) is 14.2. The molecule has 106 valence electrons. The van der Waals surface area contributed by atoms with Crippen molar-refractivity contribution >= 4 is 18.0 Å². The standard InChI is InChI=1S/C14H16N2O4/c17-6-5-16(12-2-3-12)14(20)11-7-10(8-15-9-11)1-4-13(18)19/h1,4,7-9,12,17H,2-3,5-6H2,(H,18,19). The predicted molar refractivity (Wildman–Crippen MR) is 72.1 cm³/mol. The highest BCUT2D eigenvalue weighted by Crippen LogP contribution is 2.28. The van der Waals surface area contributed by atoms with E-state index < -0.39 is 5.97 Å². The van der Waals surface area contributed by atoms with Crippen LogP contribution in [0.5, 0.6) is 0 Å². The number of aliphatic carboxylic acids is 1. The van der Waals surface area contributed by atoms with Gasteiger partial charge in [-0.3, -0.25) is 9.78 Å². The molecule has 2 N–H and O–H groups in total. The van der Waals surface area contributed by atoms with Gasteiger partial charge in [0.15, 0.2) is 0 Å². The molecule has 0 spiro atoms. The third-order valence-corrected chi connectivity index (χ3v) is 3.01. The van der Waals surface area contributed by atoms with Crippen LogP contribution in [0.25, 0.3) is 6.08 Å². The number of aromatic nitrogens is 1. The first-order valence-corrected chi connectivity index (χ1v) is 6.39. The number of aliphatic hydroxyl groups is 1. The van der Waals surface area contributed by atoms with E-state index in [9.17, 15) is 9.59 Å². The van der Waals surface area contributed by atoms with E-state index in [1.54, 1.807) is 11.0 Å². The molecule has 0 radical (unpaired) electrons. The second kappa shape index (κ2) is 6.29. The van der Waals surface area contributed by atoms with E-state index in [0.29, 0.717) is 17.7 Å². The Morgan fingerprint density at radius 1 is 1.40 bits per heavy atom. The number of amides is 1. The Labute approximate surface area is 116 Å². The van der Waals surface area contributed by atoms with Crippen LogP contribution in [0.15, 0.2) is 24.5 Å². The van der Waals surface area contributed by atoms with Crippen molar-refractivity contribution in [2.24, 2.45) is 0 Å². The van der Waals surface area contributed by atoms with Crippen molar-refractivity contribution in [1.82, 2.24) is 9.88 Å². The number of pyridine rings is 1. The lowest BCUT2D eigenvalue weighted by molar-refractivity contribution is -0.131. The summed E-state index contributed by atoms with van der Waals surface area (Å²) < 4.78 is 0. The summed E-state index contributed by atoms with van der Waals surface area (Å²) >= 11 is 0. The molecule has 1 aliphatic carbocycles. The second-order valence-electron chi connectivity index (χ2n) is 4.63. The van der Waals surface area contributed by atoms with E-state index in [2.05, 4.69) is 4.98 Å². The SMILES string of the molecule is O=C(O)C=Cc1cncc(C(=O)N(CCO)C2CC2)c1. The smallest absolute Gasteiger partial charge is 0.328 e. The van der Waals surface area contributed by atoms with Gasteiger partial charge in [-0.15, -0.1) is 0 Å². The fourth-order valence-corrected chi connectivity index (χ4v) is 1.94. The Morgan fingerprint density at radius 3 is 2.75 bits per heavy atom. The van der Waals surface area contributed by atoms with E-state index in [4.69, 9.17) is 10.2 Å². The van der Waals surface area contributed by atoms with Crippen LogP contribution in [0.3, 0.4) is 0 Å². The number of hydrogen-bond donors (Lipinski definition) is 2. The summed E-state index contributed by atoms with van der Waals surface area (Å²) in [7, 11) is 0. The van der Waals surface area contributed by atoms with E-state index in [0.717, 1.165) is 18.9 Å². The monoisotopic (exact) mass is 276 g/mol. The summed E-state index contributed by atoms with van der Waals surface area (Å²) in [5.74, 6) is -1.23. The van der Waals surface area contributed by atoms with Gasteiger partial charge in [-0.1, -0.05) is 0 Å². The van der Waals surface area contributed by atoms with Crippen LogP contribution >= 0.6 is 0 Å². The van der Waals surface area contributed by atoms with Crippen LogP contribution in [0.1, 0.15) is 28.8 Å². The van der Waals surface area contributed by atoms with Crippen molar-refractivity contribution in [3.63, 3.8) is 0 Å². The first-order valence-electron chi connectivity index (χ1n) is 6.39. The number of hydrogen-bond acceptors (Lipinski definition) is 4. The molecule has 0 atom stereocenters. The molecule has 0 aromatic carbocycles. The Morgan fingerprint density at radius 2 is 2.15 bits per heavy atom. The quantitative estimate of drug-likeness (QED) is 0.749. The number of rotatable bonds is 6. The zero-order chi connectivity index (χ0) is 14.5. The Kier molecular flexibility index (Phi) is 4.47. The molecule has 2 rings (SSSR count). The van der Waals surface area contributed by atoms with Gasteiger partial charge in [0.25, 0.3) is 5.91 Å². The highest BCUT2D eigenvalue weighted by atomic mass is 16.4. The molecule has 6 nitrogen and oxygen atoms in total. The number of carbonyl (C=O) groups excluding carboxylic acids is 1. The molecule has 1 amide bonds. The molecule has 1 aromatic rings. The van der Waals surface area contributed by atoms with Gasteiger partial charge in [0.1, 0.15) is 0 Å². The lowest BCUT2D eigenvalue weighted by atomic mass is 10.1. The summed E-state index contributed by atoms with van der Waals surface area (Å²) in [6.45, 7) is 0.229. The number of nitrogens with zero attached hydrogens (tertiary/aromatic N) is 2. The largest absolute Gasteiger partial charge is 0.478 e. The van der Waals surface area contributed by atoms with Crippen LogP contribution in [-0.4, -0.2) is 51.2 Å². The summed E-state index contributed by atoms with van der Waals surface area (Å²) in [4.78, 5) is 28.4. The van der Waals surface area contributed by atoms with Gasteiger partial charge in [0, 0.05) is 31.1 Å². The Bertz CT molecular complexity index is 538.